The molecule has 2 atom stereocenters. The zero-order valence-corrected chi connectivity index (χ0v) is 23.8. The van der Waals surface area contributed by atoms with Gasteiger partial charge < -0.3 is 10.6 Å². The molecule has 10 heteroatoms. The Balaban J connectivity index is 1.46. The lowest BCUT2D eigenvalue weighted by molar-refractivity contribution is 0.610. The molecule has 2 N–H and O–H groups in total. The van der Waals surface area contributed by atoms with Crippen LogP contribution < -0.4 is 10.6 Å². The van der Waals surface area contributed by atoms with Crippen molar-refractivity contribution < 1.29 is 0 Å². The van der Waals surface area contributed by atoms with Crippen LogP contribution in [-0.2, 0) is 0 Å². The first-order valence-electron chi connectivity index (χ1n) is 14.0. The summed E-state index contributed by atoms with van der Waals surface area (Å²) in [5.74, 6) is 0. The van der Waals surface area contributed by atoms with Crippen LogP contribution in [0.5, 0.6) is 0 Å². The van der Waals surface area contributed by atoms with Crippen LogP contribution in [-0.4, -0.2) is 20.0 Å². The summed E-state index contributed by atoms with van der Waals surface area (Å²) < 4.78 is 1.89. The third-order valence-electron chi connectivity index (χ3n) is 7.55. The highest BCUT2D eigenvalue weighted by molar-refractivity contribution is 6.31. The van der Waals surface area contributed by atoms with Gasteiger partial charge >= 0.3 is 0 Å². The van der Waals surface area contributed by atoms with Crippen LogP contribution in [0.1, 0.15) is 71.8 Å². The van der Waals surface area contributed by atoms with E-state index in [1.165, 1.54) is 6.20 Å². The molecule has 0 amide bonds. The van der Waals surface area contributed by atoms with E-state index in [1.807, 2.05) is 71.5 Å². The van der Waals surface area contributed by atoms with E-state index in [9.17, 15) is 15.8 Å². The molecular formula is C33H26ClN9. The van der Waals surface area contributed by atoms with Gasteiger partial charge in [-0.25, -0.2) is 4.68 Å². The van der Waals surface area contributed by atoms with Gasteiger partial charge in [0, 0.05) is 28.7 Å². The van der Waals surface area contributed by atoms with E-state index in [1.54, 1.807) is 6.07 Å². The number of aromatic nitrogens is 4. The van der Waals surface area contributed by atoms with Crippen molar-refractivity contribution in [3.63, 3.8) is 0 Å². The van der Waals surface area contributed by atoms with E-state index in [-0.39, 0.29) is 6.04 Å². The Bertz CT molecular complexity index is 1910. The molecule has 9 nitrogen and oxygen atoms in total. The molecule has 0 radical (unpaired) electrons. The molecule has 43 heavy (non-hydrogen) atoms. The molecule has 2 aromatic heterocycles. The van der Waals surface area contributed by atoms with Gasteiger partial charge in [-0.05, 0) is 48.6 Å². The predicted molar refractivity (Wildman–Crippen MR) is 164 cm³/mol. The minimum absolute atomic E-state index is 0.242. The number of nitrogens with zero attached hydrogens (tertiary/aromatic N) is 7. The van der Waals surface area contributed by atoms with Crippen molar-refractivity contribution in [2.75, 3.05) is 10.6 Å². The van der Waals surface area contributed by atoms with Gasteiger partial charge in [0.25, 0.3) is 0 Å². The second-order valence-electron chi connectivity index (χ2n) is 10.4. The summed E-state index contributed by atoms with van der Waals surface area (Å²) in [5.41, 5.74) is 4.82. The number of pyridine rings is 1. The number of hydrogen-bond donors (Lipinski definition) is 2. The number of benzene rings is 3. The first-order valence-corrected chi connectivity index (χ1v) is 14.4. The SMILES string of the molecule is N#CCCC(Nc1c(C#N)cnc2c(C#N)cc(NC(c3cn(C4CC4)nn3)c3ccccc3Cl)cc12)c1ccccc1. The number of rotatable bonds is 10. The minimum Gasteiger partial charge on any atom is -0.377 e. The van der Waals surface area contributed by atoms with Crippen LogP contribution in [0.2, 0.25) is 5.02 Å². The van der Waals surface area contributed by atoms with Gasteiger partial charge in [-0.2, -0.15) is 15.8 Å². The summed E-state index contributed by atoms with van der Waals surface area (Å²) >= 11 is 6.67. The molecule has 5 aromatic rings. The summed E-state index contributed by atoms with van der Waals surface area (Å²) in [5, 5.41) is 46.6. The van der Waals surface area contributed by atoms with E-state index in [0.29, 0.717) is 63.0 Å². The summed E-state index contributed by atoms with van der Waals surface area (Å²) in [6, 6.07) is 27.4. The molecule has 1 aliphatic carbocycles. The van der Waals surface area contributed by atoms with Crippen LogP contribution in [0.15, 0.2) is 79.1 Å². The van der Waals surface area contributed by atoms with Gasteiger partial charge in [-0.15, -0.1) is 5.10 Å². The fourth-order valence-corrected chi connectivity index (χ4v) is 5.47. The lowest BCUT2D eigenvalue weighted by Gasteiger charge is -2.23. The maximum atomic E-state index is 10.2. The number of hydrogen-bond acceptors (Lipinski definition) is 8. The lowest BCUT2D eigenvalue weighted by Crippen LogP contribution is -2.15. The van der Waals surface area contributed by atoms with Crippen molar-refractivity contribution in [2.45, 2.75) is 43.8 Å². The third kappa shape index (κ3) is 5.83. The Hall–Kier alpha value is -5.43. The molecular weight excluding hydrogens is 558 g/mol. The fourth-order valence-electron chi connectivity index (χ4n) is 5.23. The van der Waals surface area contributed by atoms with Crippen molar-refractivity contribution in [1.29, 1.82) is 15.8 Å². The van der Waals surface area contributed by atoms with E-state index in [4.69, 9.17) is 11.6 Å². The van der Waals surface area contributed by atoms with Gasteiger partial charge in [0.1, 0.15) is 17.8 Å². The van der Waals surface area contributed by atoms with Crippen molar-refractivity contribution in [1.82, 2.24) is 20.0 Å². The molecule has 0 saturated heterocycles. The van der Waals surface area contributed by atoms with Crippen LogP contribution in [0.4, 0.5) is 11.4 Å². The largest absolute Gasteiger partial charge is 0.377 e. The highest BCUT2D eigenvalue weighted by atomic mass is 35.5. The van der Waals surface area contributed by atoms with E-state index in [2.05, 4.69) is 44.1 Å². The van der Waals surface area contributed by atoms with Crippen LogP contribution in [0.3, 0.4) is 0 Å². The molecule has 1 aliphatic rings. The van der Waals surface area contributed by atoms with Gasteiger partial charge in [0.05, 0.1) is 52.7 Å². The molecule has 1 saturated carbocycles. The Morgan fingerprint density at radius 2 is 1.72 bits per heavy atom. The number of nitriles is 3. The molecule has 0 spiro atoms. The van der Waals surface area contributed by atoms with E-state index < -0.39 is 6.04 Å². The van der Waals surface area contributed by atoms with E-state index in [0.717, 1.165) is 24.0 Å². The highest BCUT2D eigenvalue weighted by Gasteiger charge is 2.28. The molecule has 2 heterocycles. The molecule has 0 bridgehead atoms. The topological polar surface area (TPSA) is 139 Å². The highest BCUT2D eigenvalue weighted by Crippen LogP contribution is 2.38. The van der Waals surface area contributed by atoms with Gasteiger partial charge in [-0.1, -0.05) is 65.3 Å². The van der Waals surface area contributed by atoms with Gasteiger partial charge in [-0.3, -0.25) is 4.98 Å². The summed E-state index contributed by atoms with van der Waals surface area (Å²) in [6.07, 6.45) is 6.43. The van der Waals surface area contributed by atoms with Crippen LogP contribution in [0.25, 0.3) is 10.9 Å². The summed E-state index contributed by atoms with van der Waals surface area (Å²) in [4.78, 5) is 4.49. The summed E-state index contributed by atoms with van der Waals surface area (Å²) in [6.45, 7) is 0. The standard InChI is InChI=1S/C33H26ClN9/c34-28-10-5-4-9-26(28)33(30-20-43(42-41-30)25-12-13-25)39-24-15-22(17-36)31-27(16-24)32(23(18-37)19-38-31)40-29(11-6-14-35)21-7-2-1-3-8-21/h1-5,7-10,15-16,19-20,25,29,33,39H,6,11-13H2,(H,38,40). The zero-order valence-electron chi connectivity index (χ0n) is 23.1. The first-order chi connectivity index (χ1) is 21.1. The molecule has 3 aromatic carbocycles. The number of nitrogens with one attached hydrogen (secondary N) is 2. The third-order valence-corrected chi connectivity index (χ3v) is 7.89. The monoisotopic (exact) mass is 583 g/mol. The normalized spacial score (nSPS) is 13.8. The average molecular weight is 584 g/mol. The molecule has 2 unspecified atom stereocenters. The van der Waals surface area contributed by atoms with Crippen molar-refractivity contribution in [2.24, 2.45) is 0 Å². The Labute approximate surface area is 254 Å². The van der Waals surface area contributed by atoms with Crippen molar-refractivity contribution >= 4 is 33.9 Å². The maximum absolute atomic E-state index is 10.2. The van der Waals surface area contributed by atoms with Crippen molar-refractivity contribution in [3.05, 3.63) is 112 Å². The molecule has 0 aliphatic heterocycles. The molecule has 1 fully saturated rings. The maximum Gasteiger partial charge on any atom is 0.110 e. The Kier molecular flexibility index (Phi) is 7.87. The summed E-state index contributed by atoms with van der Waals surface area (Å²) in [7, 11) is 0. The van der Waals surface area contributed by atoms with E-state index >= 15 is 0 Å². The van der Waals surface area contributed by atoms with Crippen molar-refractivity contribution in [3.8, 4) is 18.2 Å². The predicted octanol–water partition coefficient (Wildman–Crippen LogP) is 7.22. The number of anilines is 2. The molecule has 6 rings (SSSR count). The number of halogens is 1. The molecule has 210 valence electrons. The Morgan fingerprint density at radius 1 is 0.953 bits per heavy atom. The van der Waals surface area contributed by atoms with Gasteiger partial charge in [0.2, 0.25) is 0 Å². The van der Waals surface area contributed by atoms with Gasteiger partial charge in [0.15, 0.2) is 0 Å². The smallest absolute Gasteiger partial charge is 0.110 e. The number of fused-ring (bicyclic) bond motifs is 1. The Morgan fingerprint density at radius 3 is 2.44 bits per heavy atom. The minimum atomic E-state index is -0.457. The average Bonchev–Trinajstić information content (AvgIpc) is 3.78. The second-order valence-corrected chi connectivity index (χ2v) is 10.9. The van der Waals surface area contributed by atoms with Crippen LogP contribution in [0, 0.1) is 34.0 Å². The lowest BCUT2D eigenvalue weighted by atomic mass is 9.99. The van der Waals surface area contributed by atoms with Crippen LogP contribution >= 0.6 is 11.6 Å². The first kappa shape index (κ1) is 27.7. The zero-order chi connectivity index (χ0) is 29.8. The fraction of sp³-hybridized carbons (Fsp3) is 0.212. The second kappa shape index (κ2) is 12.2. The quantitative estimate of drug-likeness (QED) is 0.176.